The molecule has 0 fully saturated rings. The van der Waals surface area contributed by atoms with Crippen LogP contribution in [0, 0.1) is 0 Å². The van der Waals surface area contributed by atoms with E-state index in [0.717, 1.165) is 11.5 Å². The molecular weight excluding hydrogens is 204 g/mol. The van der Waals surface area contributed by atoms with Crippen molar-refractivity contribution in [3.8, 4) is 0 Å². The second-order valence-corrected chi connectivity index (χ2v) is 5.11. The highest BCUT2D eigenvalue weighted by atomic mass is 32.2. The van der Waals surface area contributed by atoms with Crippen LogP contribution in [0.2, 0.25) is 0 Å². The maximum absolute atomic E-state index is 11.0. The van der Waals surface area contributed by atoms with Crippen molar-refractivity contribution >= 4 is 33.8 Å². The molecule has 13 heavy (non-hydrogen) atoms. The Morgan fingerprint density at radius 2 is 1.31 bits per heavy atom. The lowest BCUT2D eigenvalue weighted by Crippen LogP contribution is -1.96. The predicted octanol–water partition coefficient (Wildman–Crippen LogP) is 2.72. The van der Waals surface area contributed by atoms with Crippen molar-refractivity contribution in [3.63, 3.8) is 0 Å². The Morgan fingerprint density at radius 3 is 1.62 bits per heavy atom. The van der Waals surface area contributed by atoms with E-state index in [4.69, 9.17) is 0 Å². The van der Waals surface area contributed by atoms with E-state index in [1.807, 2.05) is 13.8 Å². The number of thioether (sulfide) groups is 2. The summed E-state index contributed by atoms with van der Waals surface area (Å²) in [6, 6.07) is 0. The summed E-state index contributed by atoms with van der Waals surface area (Å²) in [6.07, 6.45) is 1.78. The van der Waals surface area contributed by atoms with Crippen LogP contribution in [-0.2, 0) is 9.59 Å². The third kappa shape index (κ3) is 8.37. The maximum Gasteiger partial charge on any atom is 0.188 e. The first-order valence-electron chi connectivity index (χ1n) is 4.52. The fourth-order valence-electron chi connectivity index (χ4n) is 0.843. The maximum atomic E-state index is 11.0. The molecule has 0 saturated heterocycles. The second-order valence-electron chi connectivity index (χ2n) is 2.46. The van der Waals surface area contributed by atoms with Gasteiger partial charge in [0, 0.05) is 12.8 Å². The van der Waals surface area contributed by atoms with Crippen LogP contribution in [0.1, 0.15) is 33.1 Å². The predicted molar refractivity (Wildman–Crippen MR) is 60.1 cm³/mol. The quantitative estimate of drug-likeness (QED) is 0.689. The van der Waals surface area contributed by atoms with Gasteiger partial charge in [0.15, 0.2) is 10.2 Å². The minimum atomic E-state index is 0.205. The van der Waals surface area contributed by atoms with E-state index in [2.05, 4.69) is 0 Å². The second kappa shape index (κ2) is 8.63. The van der Waals surface area contributed by atoms with Gasteiger partial charge in [-0.3, -0.25) is 9.59 Å². The largest absolute Gasteiger partial charge is 0.287 e. The average Bonchev–Trinajstić information content (AvgIpc) is 2.05. The highest BCUT2D eigenvalue weighted by Crippen LogP contribution is 2.12. The molecule has 0 aromatic heterocycles. The number of rotatable bonds is 6. The van der Waals surface area contributed by atoms with Crippen molar-refractivity contribution in [2.75, 3.05) is 11.5 Å². The van der Waals surface area contributed by atoms with Gasteiger partial charge in [-0.25, -0.2) is 0 Å². The van der Waals surface area contributed by atoms with Gasteiger partial charge in [-0.2, -0.15) is 0 Å². The SMILES string of the molecule is CCSC(=O)CCCC(=O)SCC. The topological polar surface area (TPSA) is 34.1 Å². The van der Waals surface area contributed by atoms with Gasteiger partial charge in [0.25, 0.3) is 0 Å². The molecule has 0 aliphatic rings. The third-order valence-electron chi connectivity index (χ3n) is 1.37. The minimum absolute atomic E-state index is 0.205. The molecule has 4 heteroatoms. The van der Waals surface area contributed by atoms with Crippen molar-refractivity contribution in [1.82, 2.24) is 0 Å². The summed E-state index contributed by atoms with van der Waals surface area (Å²) >= 11 is 2.68. The van der Waals surface area contributed by atoms with Crippen molar-refractivity contribution in [3.05, 3.63) is 0 Å². The Balaban J connectivity index is 3.33. The summed E-state index contributed by atoms with van der Waals surface area (Å²) in [5.41, 5.74) is 0. The van der Waals surface area contributed by atoms with E-state index < -0.39 is 0 Å². The fourth-order valence-corrected chi connectivity index (χ4v) is 2.06. The molecule has 0 saturated carbocycles. The van der Waals surface area contributed by atoms with Gasteiger partial charge in [-0.15, -0.1) is 0 Å². The van der Waals surface area contributed by atoms with Gasteiger partial charge < -0.3 is 0 Å². The molecule has 0 aromatic rings. The Kier molecular flexibility index (Phi) is 8.66. The van der Waals surface area contributed by atoms with Gasteiger partial charge >= 0.3 is 0 Å². The van der Waals surface area contributed by atoms with Gasteiger partial charge in [-0.1, -0.05) is 37.4 Å². The summed E-state index contributed by atoms with van der Waals surface area (Å²) in [4.78, 5) is 22.1. The van der Waals surface area contributed by atoms with Crippen molar-refractivity contribution < 1.29 is 9.59 Å². The average molecular weight is 220 g/mol. The smallest absolute Gasteiger partial charge is 0.188 e. The first-order valence-corrected chi connectivity index (χ1v) is 6.49. The standard InChI is InChI=1S/C9H16O2S2/c1-3-12-8(10)6-5-7-9(11)13-4-2/h3-7H2,1-2H3. The van der Waals surface area contributed by atoms with Crippen molar-refractivity contribution in [2.45, 2.75) is 33.1 Å². The summed E-state index contributed by atoms with van der Waals surface area (Å²) in [7, 11) is 0. The van der Waals surface area contributed by atoms with E-state index in [1.54, 1.807) is 0 Å². The van der Waals surface area contributed by atoms with Gasteiger partial charge in [0.05, 0.1) is 0 Å². The first-order chi connectivity index (χ1) is 6.20. The molecule has 2 nitrogen and oxygen atoms in total. The Labute approximate surface area is 88.2 Å². The molecule has 0 aromatic carbocycles. The molecule has 0 spiro atoms. The Morgan fingerprint density at radius 1 is 0.923 bits per heavy atom. The lowest BCUT2D eigenvalue weighted by atomic mass is 10.3. The molecule has 0 N–H and O–H groups in total. The van der Waals surface area contributed by atoms with Crippen LogP contribution in [0.4, 0.5) is 0 Å². The summed E-state index contributed by atoms with van der Waals surface area (Å²) in [6.45, 7) is 3.92. The van der Waals surface area contributed by atoms with E-state index in [-0.39, 0.29) is 10.2 Å². The zero-order valence-corrected chi connectivity index (χ0v) is 9.80. The molecule has 0 heterocycles. The molecule has 0 amide bonds. The van der Waals surface area contributed by atoms with Gasteiger partial charge in [-0.05, 0) is 17.9 Å². The molecule has 0 unspecified atom stereocenters. The van der Waals surface area contributed by atoms with Crippen LogP contribution in [0.25, 0.3) is 0 Å². The van der Waals surface area contributed by atoms with Crippen molar-refractivity contribution in [1.29, 1.82) is 0 Å². The molecule has 0 radical (unpaired) electrons. The van der Waals surface area contributed by atoms with Gasteiger partial charge in [0.1, 0.15) is 0 Å². The molecule has 0 atom stereocenters. The van der Waals surface area contributed by atoms with Crippen LogP contribution in [0.5, 0.6) is 0 Å². The zero-order chi connectivity index (χ0) is 10.1. The van der Waals surface area contributed by atoms with Gasteiger partial charge in [0.2, 0.25) is 0 Å². The summed E-state index contributed by atoms with van der Waals surface area (Å²) in [5, 5.41) is 0.411. The highest BCUT2D eigenvalue weighted by molar-refractivity contribution is 8.13. The number of carbonyl (C=O) groups excluding carboxylic acids is 2. The lowest BCUT2D eigenvalue weighted by molar-refractivity contribution is -0.112. The monoisotopic (exact) mass is 220 g/mol. The Hall–Kier alpha value is 0.0400. The summed E-state index contributed by atoms with van der Waals surface area (Å²) in [5.74, 6) is 1.66. The van der Waals surface area contributed by atoms with Crippen LogP contribution in [0.3, 0.4) is 0 Å². The van der Waals surface area contributed by atoms with Crippen LogP contribution >= 0.6 is 23.5 Å². The number of hydrogen-bond donors (Lipinski definition) is 0. The first kappa shape index (κ1) is 13.0. The van der Waals surface area contributed by atoms with Crippen molar-refractivity contribution in [2.24, 2.45) is 0 Å². The van der Waals surface area contributed by atoms with E-state index >= 15 is 0 Å². The number of hydrogen-bond acceptors (Lipinski definition) is 4. The molecule has 0 bridgehead atoms. The normalized spacial score (nSPS) is 10.0. The van der Waals surface area contributed by atoms with E-state index in [9.17, 15) is 9.59 Å². The molecule has 0 aliphatic heterocycles. The van der Waals surface area contributed by atoms with E-state index in [0.29, 0.717) is 19.3 Å². The summed E-state index contributed by atoms with van der Waals surface area (Å²) < 4.78 is 0. The highest BCUT2D eigenvalue weighted by Gasteiger charge is 2.04. The Bertz CT molecular complexity index is 151. The third-order valence-corrected chi connectivity index (χ3v) is 3.00. The zero-order valence-electron chi connectivity index (χ0n) is 8.17. The molecule has 0 rings (SSSR count). The molecular formula is C9H16O2S2. The van der Waals surface area contributed by atoms with Crippen LogP contribution < -0.4 is 0 Å². The molecule has 76 valence electrons. The lowest BCUT2D eigenvalue weighted by Gasteiger charge is -1.98. The molecule has 0 aliphatic carbocycles. The van der Waals surface area contributed by atoms with Crippen LogP contribution in [0.15, 0.2) is 0 Å². The van der Waals surface area contributed by atoms with Crippen LogP contribution in [-0.4, -0.2) is 21.7 Å². The number of carbonyl (C=O) groups is 2. The van der Waals surface area contributed by atoms with E-state index in [1.165, 1.54) is 23.5 Å². The fraction of sp³-hybridized carbons (Fsp3) is 0.778. The minimum Gasteiger partial charge on any atom is -0.287 e.